The predicted molar refractivity (Wildman–Crippen MR) is 119 cm³/mol. The zero-order valence-corrected chi connectivity index (χ0v) is 18.5. The first-order valence-electron chi connectivity index (χ1n) is 10.6. The van der Waals surface area contributed by atoms with Gasteiger partial charge in [-0.05, 0) is 30.7 Å². The van der Waals surface area contributed by atoms with Crippen molar-refractivity contribution in [2.75, 3.05) is 20.3 Å². The van der Waals surface area contributed by atoms with Gasteiger partial charge in [-0.15, -0.1) is 5.10 Å². The van der Waals surface area contributed by atoms with E-state index < -0.39 is 5.82 Å². The third-order valence-corrected chi connectivity index (χ3v) is 5.66. The van der Waals surface area contributed by atoms with Crippen molar-refractivity contribution in [3.8, 4) is 28.3 Å². The third-order valence-electron chi connectivity index (χ3n) is 5.66. The molecule has 10 heteroatoms. The maximum Gasteiger partial charge on any atom is 0.251 e. The number of hydrogen-bond donors (Lipinski definition) is 1. The molecule has 1 fully saturated rings. The molecule has 1 saturated heterocycles. The quantitative estimate of drug-likeness (QED) is 0.502. The van der Waals surface area contributed by atoms with Crippen LogP contribution >= 0.6 is 0 Å². The van der Waals surface area contributed by atoms with Gasteiger partial charge in [-0.1, -0.05) is 0 Å². The van der Waals surface area contributed by atoms with E-state index in [0.29, 0.717) is 41.6 Å². The van der Waals surface area contributed by atoms with Crippen molar-refractivity contribution in [3.63, 3.8) is 0 Å². The third kappa shape index (κ3) is 3.82. The highest BCUT2D eigenvalue weighted by molar-refractivity contribution is 5.95. The van der Waals surface area contributed by atoms with Crippen LogP contribution in [0.3, 0.4) is 0 Å². The molecule has 0 saturated carbocycles. The molecule has 1 aromatic carbocycles. The van der Waals surface area contributed by atoms with Crippen molar-refractivity contribution in [1.29, 1.82) is 0 Å². The van der Waals surface area contributed by atoms with Crippen molar-refractivity contribution >= 4 is 11.6 Å². The Labute approximate surface area is 189 Å². The largest absolute Gasteiger partial charge is 0.470 e. The normalized spacial score (nSPS) is 15.8. The number of rotatable bonds is 5. The minimum Gasteiger partial charge on any atom is -0.470 e. The van der Waals surface area contributed by atoms with Crippen molar-refractivity contribution in [2.24, 2.45) is 7.05 Å². The number of carbonyl (C=O) groups is 1. The lowest BCUT2D eigenvalue weighted by molar-refractivity contribution is 0.0963. The fourth-order valence-electron chi connectivity index (χ4n) is 3.93. The smallest absolute Gasteiger partial charge is 0.251 e. The number of aromatic nitrogens is 5. The number of amides is 1. The van der Waals surface area contributed by atoms with E-state index in [-0.39, 0.29) is 17.6 Å². The maximum absolute atomic E-state index is 15.2. The standard InChI is InChI=1S/C23H23FN6O3/c1-13-6-14(22(31)25-2)7-18(21(13)24)19-10-26-20-8-17(15-9-27-29(3)11-15)23(28-30(19)20)33-16-4-5-32-12-16/h6-11,16H,4-5,12H2,1-3H3,(H,25,31)/t16-/m0/s1. The van der Waals surface area contributed by atoms with Crippen molar-refractivity contribution in [1.82, 2.24) is 29.7 Å². The highest BCUT2D eigenvalue weighted by Crippen LogP contribution is 2.33. The first kappa shape index (κ1) is 21.1. The van der Waals surface area contributed by atoms with E-state index in [2.05, 4.69) is 15.4 Å². The predicted octanol–water partition coefficient (Wildman–Crippen LogP) is 2.77. The summed E-state index contributed by atoms with van der Waals surface area (Å²) in [4.78, 5) is 16.7. The minimum atomic E-state index is -0.436. The van der Waals surface area contributed by atoms with Crippen LogP contribution in [0.4, 0.5) is 4.39 Å². The fraction of sp³-hybridized carbons (Fsp3) is 0.304. The van der Waals surface area contributed by atoms with E-state index in [1.807, 2.05) is 19.3 Å². The van der Waals surface area contributed by atoms with Crippen LogP contribution in [0.2, 0.25) is 0 Å². The molecule has 1 atom stereocenters. The van der Waals surface area contributed by atoms with Gasteiger partial charge >= 0.3 is 0 Å². The summed E-state index contributed by atoms with van der Waals surface area (Å²) in [7, 11) is 3.37. The summed E-state index contributed by atoms with van der Waals surface area (Å²) in [6.45, 7) is 2.73. The minimum absolute atomic E-state index is 0.132. The Bertz CT molecular complexity index is 1360. The molecule has 9 nitrogen and oxygen atoms in total. The highest BCUT2D eigenvalue weighted by Gasteiger charge is 2.23. The molecular weight excluding hydrogens is 427 g/mol. The van der Waals surface area contributed by atoms with Crippen LogP contribution < -0.4 is 10.1 Å². The highest BCUT2D eigenvalue weighted by atomic mass is 19.1. The summed E-state index contributed by atoms with van der Waals surface area (Å²) in [6, 6.07) is 4.86. The van der Waals surface area contributed by atoms with E-state index in [4.69, 9.17) is 14.6 Å². The van der Waals surface area contributed by atoms with Crippen LogP contribution in [0.15, 0.2) is 36.8 Å². The van der Waals surface area contributed by atoms with Crippen LogP contribution in [0.5, 0.6) is 5.88 Å². The molecule has 5 rings (SSSR count). The number of benzene rings is 1. The molecule has 3 aromatic heterocycles. The number of imidazole rings is 1. The van der Waals surface area contributed by atoms with Gasteiger partial charge in [0.2, 0.25) is 5.88 Å². The van der Waals surface area contributed by atoms with Crippen molar-refractivity contribution < 1.29 is 18.7 Å². The number of nitrogens with one attached hydrogen (secondary N) is 1. The lowest BCUT2D eigenvalue weighted by atomic mass is 10.0. The lowest BCUT2D eigenvalue weighted by Gasteiger charge is -2.15. The van der Waals surface area contributed by atoms with Crippen molar-refractivity contribution in [2.45, 2.75) is 19.4 Å². The second kappa shape index (κ2) is 8.28. The molecule has 4 heterocycles. The van der Waals surface area contributed by atoms with Crippen LogP contribution in [0, 0.1) is 12.7 Å². The monoisotopic (exact) mass is 450 g/mol. The van der Waals surface area contributed by atoms with E-state index in [0.717, 1.165) is 17.5 Å². The van der Waals surface area contributed by atoms with E-state index in [1.165, 1.54) is 23.7 Å². The summed E-state index contributed by atoms with van der Waals surface area (Å²) in [5.41, 5.74) is 3.44. The molecule has 0 bridgehead atoms. The van der Waals surface area contributed by atoms with E-state index in [9.17, 15) is 4.79 Å². The van der Waals surface area contributed by atoms with Gasteiger partial charge in [-0.2, -0.15) is 5.10 Å². The van der Waals surface area contributed by atoms with Crippen LogP contribution in [0.25, 0.3) is 28.0 Å². The Hall–Kier alpha value is -3.79. The average Bonchev–Trinajstić information content (AvgIpc) is 3.56. The summed E-state index contributed by atoms with van der Waals surface area (Å²) in [6.07, 6.45) is 5.76. The topological polar surface area (TPSA) is 95.6 Å². The molecule has 0 spiro atoms. The number of nitrogens with zero attached hydrogens (tertiary/aromatic N) is 5. The van der Waals surface area contributed by atoms with Crippen LogP contribution in [-0.2, 0) is 11.8 Å². The molecule has 170 valence electrons. The number of carbonyl (C=O) groups excluding carboxylic acids is 1. The van der Waals surface area contributed by atoms with Gasteiger partial charge in [0.25, 0.3) is 5.91 Å². The van der Waals surface area contributed by atoms with Gasteiger partial charge in [-0.3, -0.25) is 9.48 Å². The molecule has 0 radical (unpaired) electrons. The first-order valence-corrected chi connectivity index (χ1v) is 10.6. The molecule has 1 aliphatic rings. The molecule has 4 aromatic rings. The number of ether oxygens (including phenoxy) is 2. The molecule has 33 heavy (non-hydrogen) atoms. The maximum atomic E-state index is 15.2. The Morgan fingerprint density at radius 2 is 2.12 bits per heavy atom. The van der Waals surface area contributed by atoms with Crippen LogP contribution in [0.1, 0.15) is 22.3 Å². The Morgan fingerprint density at radius 1 is 1.27 bits per heavy atom. The Morgan fingerprint density at radius 3 is 2.82 bits per heavy atom. The van der Waals surface area contributed by atoms with E-state index in [1.54, 1.807) is 24.0 Å². The summed E-state index contributed by atoms with van der Waals surface area (Å²) in [5.74, 6) is -0.357. The number of fused-ring (bicyclic) bond motifs is 1. The SMILES string of the molecule is CNC(=O)c1cc(C)c(F)c(-c2cnc3cc(-c4cnn(C)c4)c(O[C@H]4CCOC4)nn23)c1. The number of aryl methyl sites for hydroxylation is 2. The average molecular weight is 450 g/mol. The van der Waals surface area contributed by atoms with Gasteiger partial charge in [0.1, 0.15) is 11.9 Å². The number of halogens is 1. The summed E-state index contributed by atoms with van der Waals surface area (Å²) >= 11 is 0. The van der Waals surface area contributed by atoms with Crippen molar-refractivity contribution in [3.05, 3.63) is 53.7 Å². The molecule has 1 amide bonds. The zero-order valence-electron chi connectivity index (χ0n) is 18.5. The van der Waals surface area contributed by atoms with Crippen LogP contribution in [-0.4, -0.2) is 56.7 Å². The zero-order chi connectivity index (χ0) is 23.1. The second-order valence-corrected chi connectivity index (χ2v) is 8.02. The second-order valence-electron chi connectivity index (χ2n) is 8.02. The van der Waals surface area contributed by atoms with Gasteiger partial charge in [0.15, 0.2) is 5.65 Å². The fourth-order valence-corrected chi connectivity index (χ4v) is 3.93. The van der Waals surface area contributed by atoms with E-state index >= 15 is 4.39 Å². The molecule has 1 N–H and O–H groups in total. The lowest BCUT2D eigenvalue weighted by Crippen LogP contribution is -2.18. The van der Waals surface area contributed by atoms with Gasteiger partial charge in [0, 0.05) is 43.4 Å². The van der Waals surface area contributed by atoms with Gasteiger partial charge in [0.05, 0.1) is 36.9 Å². The summed E-state index contributed by atoms with van der Waals surface area (Å²) in [5, 5.41) is 11.5. The van der Waals surface area contributed by atoms with Gasteiger partial charge < -0.3 is 14.8 Å². The summed E-state index contributed by atoms with van der Waals surface area (Å²) < 4.78 is 30.0. The number of hydrogen-bond acceptors (Lipinski definition) is 6. The first-order chi connectivity index (χ1) is 15.9. The molecule has 0 unspecified atom stereocenters. The van der Waals surface area contributed by atoms with Gasteiger partial charge in [-0.25, -0.2) is 13.9 Å². The Kier molecular flexibility index (Phi) is 5.29. The molecule has 0 aliphatic carbocycles. The molecular formula is C23H23FN6O3. The molecule has 1 aliphatic heterocycles. The Balaban J connectivity index is 1.68.